The van der Waals surface area contributed by atoms with Gasteiger partial charge in [0.25, 0.3) is 0 Å². The number of hydrogen-bond donors (Lipinski definition) is 2. The largest absolute Gasteiger partial charge is 0.508 e. The fourth-order valence-corrected chi connectivity index (χ4v) is 6.02. The van der Waals surface area contributed by atoms with Gasteiger partial charge in [0.1, 0.15) is 23.0 Å². The average molecular weight is 623 g/mol. The summed E-state index contributed by atoms with van der Waals surface area (Å²) in [6.07, 6.45) is 12.5. The standard InChI is InChI=1S/C42H54O4/c1-41(2,33-15-23-37(43)24-16-33)35-19-27-39(28-20-35)45-31-13-11-9-7-5-6-8-10-12-14-32-46-40-29-21-36(22-30-40)42(3,4)34-17-25-38(44)26-18-34/h15-30,43-44H,5-14,31-32H2,1-4H3. The molecule has 0 saturated heterocycles. The molecular weight excluding hydrogens is 568 g/mol. The molecule has 4 heteroatoms. The van der Waals surface area contributed by atoms with E-state index in [-0.39, 0.29) is 10.8 Å². The topological polar surface area (TPSA) is 58.9 Å². The third kappa shape index (κ3) is 10.3. The number of aromatic hydroxyl groups is 2. The lowest BCUT2D eigenvalue weighted by Crippen LogP contribution is -2.18. The predicted molar refractivity (Wildman–Crippen MR) is 191 cm³/mol. The van der Waals surface area contributed by atoms with Gasteiger partial charge < -0.3 is 19.7 Å². The van der Waals surface area contributed by atoms with Crippen LogP contribution >= 0.6 is 0 Å². The van der Waals surface area contributed by atoms with Crippen LogP contribution in [0.3, 0.4) is 0 Å². The molecule has 0 aliphatic heterocycles. The Balaban J connectivity index is 0.981. The molecule has 4 aromatic carbocycles. The van der Waals surface area contributed by atoms with E-state index in [0.29, 0.717) is 11.5 Å². The molecule has 0 amide bonds. The molecule has 4 rings (SSSR count). The Morgan fingerprint density at radius 1 is 0.370 bits per heavy atom. The van der Waals surface area contributed by atoms with Gasteiger partial charge in [-0.05, 0) is 83.6 Å². The summed E-state index contributed by atoms with van der Waals surface area (Å²) in [5.41, 5.74) is 4.54. The molecule has 2 N–H and O–H groups in total. The number of benzene rings is 4. The van der Waals surface area contributed by atoms with Gasteiger partial charge >= 0.3 is 0 Å². The van der Waals surface area contributed by atoms with Crippen molar-refractivity contribution in [2.24, 2.45) is 0 Å². The summed E-state index contributed by atoms with van der Waals surface area (Å²) in [5.74, 6) is 2.45. The van der Waals surface area contributed by atoms with Crippen LogP contribution in [-0.4, -0.2) is 23.4 Å². The number of rotatable bonds is 19. The second-order valence-electron chi connectivity index (χ2n) is 13.6. The van der Waals surface area contributed by atoms with Gasteiger partial charge in [0, 0.05) is 10.8 Å². The van der Waals surface area contributed by atoms with Crippen LogP contribution in [0, 0.1) is 0 Å². The fraction of sp³-hybridized carbons (Fsp3) is 0.429. The number of hydrogen-bond acceptors (Lipinski definition) is 4. The lowest BCUT2D eigenvalue weighted by molar-refractivity contribution is 0.302. The summed E-state index contributed by atoms with van der Waals surface area (Å²) in [7, 11) is 0. The number of unbranched alkanes of at least 4 members (excludes halogenated alkanes) is 9. The first-order valence-corrected chi connectivity index (χ1v) is 17.2. The van der Waals surface area contributed by atoms with Crippen LogP contribution in [0.15, 0.2) is 97.1 Å². The molecule has 0 spiro atoms. The molecule has 0 unspecified atom stereocenters. The third-order valence-corrected chi connectivity index (χ3v) is 9.41. The Labute approximate surface area is 277 Å². The van der Waals surface area contributed by atoms with Crippen molar-refractivity contribution in [1.82, 2.24) is 0 Å². The molecule has 0 bridgehead atoms. The van der Waals surface area contributed by atoms with E-state index in [0.717, 1.165) is 37.6 Å². The van der Waals surface area contributed by atoms with Gasteiger partial charge in [-0.1, -0.05) is 128 Å². The van der Waals surface area contributed by atoms with E-state index < -0.39 is 0 Å². The Kier molecular flexibility index (Phi) is 13.0. The SMILES string of the molecule is CC(C)(c1ccc(O)cc1)c1ccc(OCCCCCCCCCCCCOc2ccc(C(C)(C)c3ccc(O)cc3)cc2)cc1. The highest BCUT2D eigenvalue weighted by Crippen LogP contribution is 2.34. The van der Waals surface area contributed by atoms with Gasteiger partial charge in [0.05, 0.1) is 13.2 Å². The fourth-order valence-electron chi connectivity index (χ4n) is 6.02. The number of phenolic OH excluding ortho intramolecular Hbond substituents is 2. The van der Waals surface area contributed by atoms with Crippen molar-refractivity contribution >= 4 is 0 Å². The maximum absolute atomic E-state index is 9.60. The molecule has 4 aromatic rings. The van der Waals surface area contributed by atoms with Gasteiger partial charge in [0.15, 0.2) is 0 Å². The summed E-state index contributed by atoms with van der Waals surface area (Å²) in [6, 6.07) is 31.8. The molecular formula is C42H54O4. The van der Waals surface area contributed by atoms with E-state index in [1.165, 1.54) is 73.6 Å². The van der Waals surface area contributed by atoms with Crippen LogP contribution in [0.4, 0.5) is 0 Å². The highest BCUT2D eigenvalue weighted by atomic mass is 16.5. The van der Waals surface area contributed by atoms with Gasteiger partial charge in [-0.3, -0.25) is 0 Å². The normalized spacial score (nSPS) is 11.8. The molecule has 46 heavy (non-hydrogen) atoms. The van der Waals surface area contributed by atoms with Crippen LogP contribution in [0.25, 0.3) is 0 Å². The van der Waals surface area contributed by atoms with E-state index in [9.17, 15) is 10.2 Å². The molecule has 0 fully saturated rings. The molecule has 0 radical (unpaired) electrons. The van der Waals surface area contributed by atoms with Gasteiger partial charge in [-0.25, -0.2) is 0 Å². The maximum Gasteiger partial charge on any atom is 0.119 e. The molecule has 246 valence electrons. The van der Waals surface area contributed by atoms with Gasteiger partial charge in [0.2, 0.25) is 0 Å². The van der Waals surface area contributed by atoms with Crippen LogP contribution in [-0.2, 0) is 10.8 Å². The van der Waals surface area contributed by atoms with Crippen LogP contribution in [0.5, 0.6) is 23.0 Å². The minimum atomic E-state index is -0.135. The maximum atomic E-state index is 9.60. The average Bonchev–Trinajstić information content (AvgIpc) is 3.06. The molecule has 0 aromatic heterocycles. The third-order valence-electron chi connectivity index (χ3n) is 9.41. The Morgan fingerprint density at radius 3 is 0.891 bits per heavy atom. The second kappa shape index (κ2) is 17.1. The van der Waals surface area contributed by atoms with Gasteiger partial charge in [-0.2, -0.15) is 0 Å². The summed E-state index contributed by atoms with van der Waals surface area (Å²) in [6.45, 7) is 10.4. The highest BCUT2D eigenvalue weighted by molar-refractivity contribution is 5.43. The van der Waals surface area contributed by atoms with Crippen molar-refractivity contribution in [3.8, 4) is 23.0 Å². The Morgan fingerprint density at radius 2 is 0.609 bits per heavy atom. The van der Waals surface area contributed by atoms with Crippen molar-refractivity contribution < 1.29 is 19.7 Å². The van der Waals surface area contributed by atoms with E-state index in [1.807, 2.05) is 24.3 Å². The first kappa shape index (κ1) is 34.9. The zero-order valence-corrected chi connectivity index (χ0v) is 28.4. The van der Waals surface area contributed by atoms with E-state index in [4.69, 9.17) is 9.47 Å². The first-order chi connectivity index (χ1) is 22.2. The van der Waals surface area contributed by atoms with Crippen molar-refractivity contribution in [3.63, 3.8) is 0 Å². The van der Waals surface area contributed by atoms with Crippen molar-refractivity contribution in [2.45, 2.75) is 103 Å². The van der Waals surface area contributed by atoms with Crippen LogP contribution in [0.2, 0.25) is 0 Å². The number of ether oxygens (including phenoxy) is 2. The summed E-state index contributed by atoms with van der Waals surface area (Å²) >= 11 is 0. The summed E-state index contributed by atoms with van der Waals surface area (Å²) < 4.78 is 12.0. The quantitative estimate of drug-likeness (QED) is 0.102. The van der Waals surface area contributed by atoms with Crippen molar-refractivity contribution in [3.05, 3.63) is 119 Å². The second-order valence-corrected chi connectivity index (χ2v) is 13.6. The minimum Gasteiger partial charge on any atom is -0.508 e. The summed E-state index contributed by atoms with van der Waals surface area (Å²) in [5, 5.41) is 19.2. The van der Waals surface area contributed by atoms with Crippen LogP contribution in [0.1, 0.15) is 114 Å². The minimum absolute atomic E-state index is 0.135. The Hall–Kier alpha value is -3.92. The molecule has 4 nitrogen and oxygen atoms in total. The number of phenols is 2. The lowest BCUT2D eigenvalue weighted by Gasteiger charge is -2.26. The van der Waals surface area contributed by atoms with E-state index in [2.05, 4.69) is 76.2 Å². The smallest absolute Gasteiger partial charge is 0.119 e. The predicted octanol–water partition coefficient (Wildman–Crippen LogP) is 11.1. The molecule has 0 saturated carbocycles. The van der Waals surface area contributed by atoms with E-state index in [1.54, 1.807) is 24.3 Å². The summed E-state index contributed by atoms with van der Waals surface area (Å²) in [4.78, 5) is 0. The highest BCUT2D eigenvalue weighted by Gasteiger charge is 2.24. The Bertz CT molecular complexity index is 1310. The van der Waals surface area contributed by atoms with E-state index >= 15 is 0 Å². The molecule has 0 heterocycles. The van der Waals surface area contributed by atoms with Crippen LogP contribution < -0.4 is 9.47 Å². The van der Waals surface area contributed by atoms with Crippen molar-refractivity contribution in [1.29, 1.82) is 0 Å². The van der Waals surface area contributed by atoms with Crippen molar-refractivity contribution in [2.75, 3.05) is 13.2 Å². The molecule has 0 aliphatic rings. The molecule has 0 atom stereocenters. The molecule has 0 aliphatic carbocycles. The zero-order chi connectivity index (χ0) is 32.8. The lowest BCUT2D eigenvalue weighted by atomic mass is 9.78. The van der Waals surface area contributed by atoms with Gasteiger partial charge in [-0.15, -0.1) is 0 Å². The monoisotopic (exact) mass is 622 g/mol. The first-order valence-electron chi connectivity index (χ1n) is 17.2. The zero-order valence-electron chi connectivity index (χ0n) is 28.4.